The quantitative estimate of drug-likeness (QED) is 0.703. The van der Waals surface area contributed by atoms with Crippen LogP contribution in [0, 0.1) is 0 Å². The minimum Gasteiger partial charge on any atom is -0.423 e. The summed E-state index contributed by atoms with van der Waals surface area (Å²) < 4.78 is 5.36. The Morgan fingerprint density at radius 3 is 3.00 bits per heavy atom. The lowest BCUT2D eigenvalue weighted by molar-refractivity contribution is -0.114. The third kappa shape index (κ3) is 3.43. The fourth-order valence-electron chi connectivity index (χ4n) is 3.72. The topological polar surface area (TPSA) is 62.6 Å². The number of hydrogen-bond acceptors (Lipinski definition) is 5. The monoisotopic (exact) mass is 368 g/mol. The Balaban J connectivity index is 1.67. The normalized spacial score (nSPS) is 17.7. The molecule has 6 heteroatoms. The van der Waals surface area contributed by atoms with Crippen molar-refractivity contribution < 1.29 is 9.21 Å². The summed E-state index contributed by atoms with van der Waals surface area (Å²) >= 11 is 1.72. The van der Waals surface area contributed by atoms with Crippen LogP contribution >= 0.6 is 11.3 Å². The number of amides is 1. The van der Waals surface area contributed by atoms with E-state index in [0.29, 0.717) is 23.9 Å². The molecule has 0 bridgehead atoms. The number of carbonyl (C=O) groups excluding carboxylic acids is 1. The van der Waals surface area contributed by atoms with E-state index in [0.717, 1.165) is 30.3 Å². The zero-order chi connectivity index (χ0) is 18.1. The molecule has 0 aliphatic carbocycles. The third-order valence-electron chi connectivity index (χ3n) is 4.82. The second-order valence-corrected chi connectivity index (χ2v) is 7.45. The van der Waals surface area contributed by atoms with E-state index in [4.69, 9.17) is 4.42 Å². The van der Waals surface area contributed by atoms with E-state index in [1.54, 1.807) is 23.5 Å². The van der Waals surface area contributed by atoms with Crippen LogP contribution in [0.5, 0.6) is 0 Å². The Morgan fingerprint density at radius 2 is 2.23 bits per heavy atom. The summed E-state index contributed by atoms with van der Waals surface area (Å²) in [6, 6.07) is 9.64. The van der Waals surface area contributed by atoms with Crippen molar-refractivity contribution >= 4 is 33.9 Å². The maximum absolute atomic E-state index is 12.1. The zero-order valence-corrected chi connectivity index (χ0v) is 15.3. The van der Waals surface area contributed by atoms with Crippen LogP contribution in [0.3, 0.4) is 0 Å². The van der Waals surface area contributed by atoms with Crippen molar-refractivity contribution in [1.82, 2.24) is 4.90 Å². The standard InChI is InChI=1S/C20H20N2O3S/c1-13(23)21-16-4-5-17-15(9-20(24)25-19(17)10-16)11-22-7-2-3-18(22)14-6-8-26-12-14/h4-6,8-10,12,18H,2-3,7,11H2,1H3,(H,21,23)/t18-/m1/s1. The fraction of sp³-hybridized carbons (Fsp3) is 0.300. The molecule has 1 saturated heterocycles. The van der Waals surface area contributed by atoms with Gasteiger partial charge in [-0.1, -0.05) is 0 Å². The maximum atomic E-state index is 12.1. The zero-order valence-electron chi connectivity index (χ0n) is 14.5. The number of thiophene rings is 1. The van der Waals surface area contributed by atoms with Crippen molar-refractivity contribution in [2.45, 2.75) is 32.4 Å². The first-order chi connectivity index (χ1) is 12.6. The lowest BCUT2D eigenvalue weighted by atomic mass is 10.1. The summed E-state index contributed by atoms with van der Waals surface area (Å²) in [7, 11) is 0. The van der Waals surface area contributed by atoms with Crippen molar-refractivity contribution in [2.24, 2.45) is 0 Å². The Hall–Kier alpha value is -2.44. The van der Waals surface area contributed by atoms with Gasteiger partial charge in [0, 0.05) is 42.7 Å². The molecule has 1 aliphatic rings. The average molecular weight is 368 g/mol. The minimum absolute atomic E-state index is 0.154. The Morgan fingerprint density at radius 1 is 1.35 bits per heavy atom. The largest absolute Gasteiger partial charge is 0.423 e. The Bertz CT molecular complexity index is 994. The molecule has 26 heavy (non-hydrogen) atoms. The molecule has 1 atom stereocenters. The van der Waals surface area contributed by atoms with Gasteiger partial charge in [0.1, 0.15) is 5.58 Å². The van der Waals surface area contributed by atoms with Crippen LogP contribution < -0.4 is 10.9 Å². The van der Waals surface area contributed by atoms with Gasteiger partial charge in [0.25, 0.3) is 0 Å². The van der Waals surface area contributed by atoms with Gasteiger partial charge in [-0.15, -0.1) is 0 Å². The molecule has 134 valence electrons. The smallest absolute Gasteiger partial charge is 0.336 e. The summed E-state index contributed by atoms with van der Waals surface area (Å²) in [5.74, 6) is -0.154. The summed E-state index contributed by atoms with van der Waals surface area (Å²) in [5, 5.41) is 7.96. The lowest BCUT2D eigenvalue weighted by Crippen LogP contribution is -2.23. The summed E-state index contributed by atoms with van der Waals surface area (Å²) in [6.07, 6.45) is 2.30. The van der Waals surface area contributed by atoms with Crippen LogP contribution in [0.25, 0.3) is 11.0 Å². The molecule has 4 rings (SSSR count). The van der Waals surface area contributed by atoms with E-state index in [1.807, 2.05) is 12.1 Å². The Kier molecular flexibility index (Phi) is 4.61. The van der Waals surface area contributed by atoms with E-state index >= 15 is 0 Å². The summed E-state index contributed by atoms with van der Waals surface area (Å²) in [5.41, 5.74) is 3.09. The number of benzene rings is 1. The van der Waals surface area contributed by atoms with Gasteiger partial charge in [0.05, 0.1) is 0 Å². The van der Waals surface area contributed by atoms with Gasteiger partial charge >= 0.3 is 5.63 Å². The molecular formula is C20H20N2O3S. The SMILES string of the molecule is CC(=O)Nc1ccc2c(CN3CCC[C@@H]3c3ccsc3)cc(=O)oc2c1. The molecule has 0 unspecified atom stereocenters. The third-order valence-corrected chi connectivity index (χ3v) is 5.52. The van der Waals surface area contributed by atoms with Gasteiger partial charge in [0.15, 0.2) is 0 Å². The van der Waals surface area contributed by atoms with Gasteiger partial charge in [-0.3, -0.25) is 9.69 Å². The summed E-state index contributed by atoms with van der Waals surface area (Å²) in [4.78, 5) is 25.7. The molecule has 3 heterocycles. The van der Waals surface area contributed by atoms with E-state index in [1.165, 1.54) is 12.5 Å². The van der Waals surface area contributed by atoms with Gasteiger partial charge in [-0.25, -0.2) is 4.79 Å². The second-order valence-electron chi connectivity index (χ2n) is 6.67. The van der Waals surface area contributed by atoms with Crippen LogP contribution in [0.15, 0.2) is 50.3 Å². The van der Waals surface area contributed by atoms with Gasteiger partial charge in [0.2, 0.25) is 5.91 Å². The molecule has 1 aromatic carbocycles. The van der Waals surface area contributed by atoms with Gasteiger partial charge < -0.3 is 9.73 Å². The first-order valence-corrected chi connectivity index (χ1v) is 9.65. The van der Waals surface area contributed by atoms with Crippen LogP contribution in [-0.2, 0) is 11.3 Å². The highest BCUT2D eigenvalue weighted by Gasteiger charge is 2.26. The number of fused-ring (bicyclic) bond motifs is 1. The molecular weight excluding hydrogens is 348 g/mol. The molecule has 1 amide bonds. The molecule has 0 saturated carbocycles. The fourth-order valence-corrected chi connectivity index (χ4v) is 4.43. The number of hydrogen-bond donors (Lipinski definition) is 1. The van der Waals surface area contributed by atoms with E-state index in [2.05, 4.69) is 27.0 Å². The number of nitrogens with one attached hydrogen (secondary N) is 1. The molecule has 5 nitrogen and oxygen atoms in total. The molecule has 0 spiro atoms. The number of carbonyl (C=O) groups is 1. The molecule has 1 N–H and O–H groups in total. The number of likely N-dealkylation sites (tertiary alicyclic amines) is 1. The summed E-state index contributed by atoms with van der Waals surface area (Å²) in [6.45, 7) is 3.18. The molecule has 0 radical (unpaired) electrons. The first kappa shape index (κ1) is 17.0. The van der Waals surface area contributed by atoms with Gasteiger partial charge in [-0.2, -0.15) is 11.3 Å². The number of rotatable bonds is 4. The average Bonchev–Trinajstić information content (AvgIpc) is 3.24. The van der Waals surface area contributed by atoms with E-state index in [9.17, 15) is 9.59 Å². The predicted molar refractivity (Wildman–Crippen MR) is 103 cm³/mol. The molecule has 1 fully saturated rings. The molecule has 1 aliphatic heterocycles. The lowest BCUT2D eigenvalue weighted by Gasteiger charge is -2.24. The van der Waals surface area contributed by atoms with Crippen LogP contribution in [-0.4, -0.2) is 17.4 Å². The second kappa shape index (κ2) is 7.05. The van der Waals surface area contributed by atoms with Crippen LogP contribution in [0.2, 0.25) is 0 Å². The van der Waals surface area contributed by atoms with Crippen molar-refractivity contribution in [1.29, 1.82) is 0 Å². The predicted octanol–water partition coefficient (Wildman–Crippen LogP) is 4.15. The minimum atomic E-state index is -0.362. The molecule has 3 aromatic rings. The number of nitrogens with zero attached hydrogens (tertiary/aromatic N) is 1. The Labute approximate surface area is 155 Å². The number of anilines is 1. The van der Waals surface area contributed by atoms with Crippen molar-refractivity contribution in [2.75, 3.05) is 11.9 Å². The van der Waals surface area contributed by atoms with Crippen LogP contribution in [0.1, 0.15) is 36.9 Å². The van der Waals surface area contributed by atoms with Crippen molar-refractivity contribution in [3.8, 4) is 0 Å². The maximum Gasteiger partial charge on any atom is 0.336 e. The van der Waals surface area contributed by atoms with Crippen LogP contribution in [0.4, 0.5) is 5.69 Å². The van der Waals surface area contributed by atoms with Gasteiger partial charge in [-0.05, 0) is 59.5 Å². The first-order valence-electron chi connectivity index (χ1n) is 8.71. The molecule has 2 aromatic heterocycles. The highest BCUT2D eigenvalue weighted by atomic mass is 32.1. The van der Waals surface area contributed by atoms with E-state index in [-0.39, 0.29) is 11.5 Å². The highest BCUT2D eigenvalue weighted by molar-refractivity contribution is 7.07. The van der Waals surface area contributed by atoms with Crippen molar-refractivity contribution in [3.05, 3.63) is 62.6 Å². The van der Waals surface area contributed by atoms with Crippen molar-refractivity contribution in [3.63, 3.8) is 0 Å². The highest BCUT2D eigenvalue weighted by Crippen LogP contribution is 2.35. The van der Waals surface area contributed by atoms with E-state index < -0.39 is 0 Å².